The van der Waals surface area contributed by atoms with Crippen LogP contribution >= 0.6 is 0 Å². The number of alkyl carbamates (subject to hydrolysis) is 1. The second-order valence-electron chi connectivity index (χ2n) is 13.7. The minimum absolute atomic E-state index is 0.0383. The molecule has 1 aromatic carbocycles. The Bertz CT molecular complexity index is 1070. The van der Waals surface area contributed by atoms with Crippen molar-refractivity contribution in [2.75, 3.05) is 6.61 Å². The minimum Gasteiger partial charge on any atom is -0.449 e. The van der Waals surface area contributed by atoms with Crippen molar-refractivity contribution in [2.45, 2.75) is 117 Å². The molecule has 3 rings (SSSR count). The number of hydrogen-bond acceptors (Lipinski definition) is 6. The average Bonchev–Trinajstić information content (AvgIpc) is 3.64. The van der Waals surface area contributed by atoms with Crippen LogP contribution in [-0.4, -0.2) is 59.6 Å². The first-order valence-corrected chi connectivity index (χ1v) is 16.2. The fourth-order valence-corrected chi connectivity index (χ4v) is 6.20. The lowest BCUT2D eigenvalue weighted by Gasteiger charge is -2.31. The molecule has 0 aliphatic heterocycles. The van der Waals surface area contributed by atoms with Crippen molar-refractivity contribution in [2.24, 2.45) is 29.6 Å². The van der Waals surface area contributed by atoms with Gasteiger partial charge in [0.25, 0.3) is 0 Å². The molecule has 0 spiro atoms. The van der Waals surface area contributed by atoms with Gasteiger partial charge in [0.2, 0.25) is 11.8 Å². The van der Waals surface area contributed by atoms with Crippen LogP contribution in [0.2, 0.25) is 0 Å². The lowest BCUT2D eigenvalue weighted by Crippen LogP contribution is -2.57. The van der Waals surface area contributed by atoms with Gasteiger partial charge in [-0.25, -0.2) is 4.79 Å². The molecular formula is C34H53N3O6. The maximum absolute atomic E-state index is 13.6. The number of nitrogens with one attached hydrogen (secondary N) is 3. The van der Waals surface area contributed by atoms with Crippen molar-refractivity contribution >= 4 is 23.7 Å². The van der Waals surface area contributed by atoms with Gasteiger partial charge in [0, 0.05) is 0 Å². The summed E-state index contributed by atoms with van der Waals surface area (Å²) in [6.45, 7) is 12.0. The van der Waals surface area contributed by atoms with Gasteiger partial charge in [-0.1, -0.05) is 91.1 Å². The molecular weight excluding hydrogens is 546 g/mol. The number of carbonyl (C=O) groups excluding carboxylic acids is 4. The summed E-state index contributed by atoms with van der Waals surface area (Å²) < 4.78 is 5.48. The number of aliphatic hydroxyl groups is 1. The monoisotopic (exact) mass is 599 g/mol. The van der Waals surface area contributed by atoms with E-state index in [0.29, 0.717) is 25.4 Å². The van der Waals surface area contributed by atoms with Crippen LogP contribution in [-0.2, 0) is 19.1 Å². The zero-order chi connectivity index (χ0) is 31.7. The molecule has 0 radical (unpaired) electrons. The number of amides is 3. The Morgan fingerprint density at radius 1 is 0.837 bits per heavy atom. The van der Waals surface area contributed by atoms with Crippen molar-refractivity contribution < 1.29 is 29.0 Å². The summed E-state index contributed by atoms with van der Waals surface area (Å²) >= 11 is 0. The lowest BCUT2D eigenvalue weighted by molar-refractivity contribution is -0.131. The number of aliphatic hydroxyl groups excluding tert-OH is 1. The lowest BCUT2D eigenvalue weighted by atomic mass is 9.90. The van der Waals surface area contributed by atoms with Crippen molar-refractivity contribution in [3.8, 4) is 0 Å². The van der Waals surface area contributed by atoms with Crippen LogP contribution in [0.4, 0.5) is 4.79 Å². The molecule has 4 N–H and O–H groups in total. The number of rotatable bonds is 15. The van der Waals surface area contributed by atoms with Gasteiger partial charge in [-0.15, -0.1) is 0 Å². The molecule has 0 saturated heterocycles. The third kappa shape index (κ3) is 10.3. The molecule has 0 bridgehead atoms. The molecule has 1 aromatic rings. The average molecular weight is 600 g/mol. The van der Waals surface area contributed by atoms with Gasteiger partial charge in [0.15, 0.2) is 0 Å². The van der Waals surface area contributed by atoms with E-state index in [9.17, 15) is 24.3 Å². The predicted octanol–water partition coefficient (Wildman–Crippen LogP) is 4.72. The van der Waals surface area contributed by atoms with Gasteiger partial charge in [0.05, 0.1) is 30.6 Å². The zero-order valence-electron chi connectivity index (χ0n) is 26.8. The summed E-state index contributed by atoms with van der Waals surface area (Å²) in [6.07, 6.45) is 4.67. The standard InChI is InChI=1S/C34H53N3O6/c1-20(2)17-25(35-32(40)26(18-21(3)4)36-34(42)43-19-23-13-9-7-10-14-23)33(41)37-29(22(5)6)31(39)28-27(30(28)38)24-15-11-8-12-16-24/h8,11-12,15-16,20-23,25-29,31,39H,7,9-10,13-14,17-19H2,1-6H3,(H,35,40)(H,36,42)(H,37,41)/t25-,26-,27?,28?,29-,31-/m0/s1. The van der Waals surface area contributed by atoms with Crippen LogP contribution in [0, 0.1) is 29.6 Å². The molecule has 2 saturated carbocycles. The fourth-order valence-electron chi connectivity index (χ4n) is 6.20. The molecule has 2 unspecified atom stereocenters. The quantitative estimate of drug-likeness (QED) is 0.231. The second-order valence-corrected chi connectivity index (χ2v) is 13.7. The summed E-state index contributed by atoms with van der Waals surface area (Å²) in [5.41, 5.74) is 0.858. The Balaban J connectivity index is 1.65. The number of benzene rings is 1. The highest BCUT2D eigenvalue weighted by molar-refractivity contribution is 6.05. The van der Waals surface area contributed by atoms with Crippen molar-refractivity contribution in [1.29, 1.82) is 0 Å². The number of ketones is 1. The molecule has 2 aliphatic carbocycles. The van der Waals surface area contributed by atoms with Gasteiger partial charge >= 0.3 is 6.09 Å². The first-order chi connectivity index (χ1) is 20.4. The molecule has 6 atom stereocenters. The smallest absolute Gasteiger partial charge is 0.407 e. The summed E-state index contributed by atoms with van der Waals surface area (Å²) in [6, 6.07) is 6.94. The van der Waals surface area contributed by atoms with Crippen LogP contribution in [0.25, 0.3) is 0 Å². The third-order valence-electron chi connectivity index (χ3n) is 8.64. The highest BCUT2D eigenvalue weighted by Gasteiger charge is 2.56. The number of carbonyl (C=O) groups is 4. The van der Waals surface area contributed by atoms with E-state index in [1.165, 1.54) is 6.42 Å². The largest absolute Gasteiger partial charge is 0.449 e. The first kappa shape index (κ1) is 34.5. The summed E-state index contributed by atoms with van der Waals surface area (Å²) in [5.74, 6) is -1.50. The second kappa shape index (κ2) is 16.2. The minimum atomic E-state index is -1.06. The van der Waals surface area contributed by atoms with Crippen molar-refractivity contribution in [3.05, 3.63) is 35.9 Å². The van der Waals surface area contributed by atoms with E-state index in [-0.39, 0.29) is 29.5 Å². The van der Waals surface area contributed by atoms with Gasteiger partial charge in [0.1, 0.15) is 17.9 Å². The van der Waals surface area contributed by atoms with Crippen LogP contribution < -0.4 is 16.0 Å². The van der Waals surface area contributed by atoms with Gasteiger partial charge < -0.3 is 25.8 Å². The Hall–Kier alpha value is -2.94. The molecule has 2 fully saturated rings. The van der Waals surface area contributed by atoms with Crippen LogP contribution in [0.3, 0.4) is 0 Å². The maximum atomic E-state index is 13.6. The molecule has 2 aliphatic rings. The van der Waals surface area contributed by atoms with E-state index < -0.39 is 48.1 Å². The highest BCUT2D eigenvalue weighted by atomic mass is 16.5. The summed E-state index contributed by atoms with van der Waals surface area (Å²) in [4.78, 5) is 52.5. The van der Waals surface area contributed by atoms with E-state index in [0.717, 1.165) is 31.2 Å². The summed E-state index contributed by atoms with van der Waals surface area (Å²) in [5, 5.41) is 19.8. The Kier molecular flexibility index (Phi) is 13.0. The Morgan fingerprint density at radius 2 is 1.40 bits per heavy atom. The van der Waals surface area contributed by atoms with Crippen LogP contribution in [0.5, 0.6) is 0 Å². The Morgan fingerprint density at radius 3 is 1.95 bits per heavy atom. The molecule has 240 valence electrons. The van der Waals surface area contributed by atoms with Gasteiger partial charge in [-0.3, -0.25) is 14.4 Å². The number of ether oxygens (including phenoxy) is 1. The molecule has 9 nitrogen and oxygen atoms in total. The molecule has 0 heterocycles. The maximum Gasteiger partial charge on any atom is 0.407 e. The van der Waals surface area contributed by atoms with E-state index in [1.807, 2.05) is 71.9 Å². The molecule has 0 aromatic heterocycles. The Labute approximate surface area is 257 Å². The topological polar surface area (TPSA) is 134 Å². The summed E-state index contributed by atoms with van der Waals surface area (Å²) in [7, 11) is 0. The van der Waals surface area contributed by atoms with E-state index >= 15 is 0 Å². The van der Waals surface area contributed by atoms with E-state index in [1.54, 1.807) is 0 Å². The normalized spacial score (nSPS) is 21.7. The number of hydrogen-bond donors (Lipinski definition) is 4. The zero-order valence-corrected chi connectivity index (χ0v) is 26.8. The van der Waals surface area contributed by atoms with Crippen molar-refractivity contribution in [3.63, 3.8) is 0 Å². The first-order valence-electron chi connectivity index (χ1n) is 16.2. The van der Waals surface area contributed by atoms with Gasteiger partial charge in [-0.2, -0.15) is 0 Å². The molecule has 9 heteroatoms. The van der Waals surface area contributed by atoms with Crippen LogP contribution in [0.1, 0.15) is 98.0 Å². The predicted molar refractivity (Wildman–Crippen MR) is 166 cm³/mol. The molecule has 43 heavy (non-hydrogen) atoms. The fraction of sp³-hybridized carbons (Fsp3) is 0.706. The number of Topliss-reactive ketones (excluding diaryl/α,β-unsaturated/α-hetero) is 1. The highest BCUT2D eigenvalue weighted by Crippen LogP contribution is 2.46. The van der Waals surface area contributed by atoms with Gasteiger partial charge in [-0.05, 0) is 54.9 Å². The molecule has 3 amide bonds. The van der Waals surface area contributed by atoms with E-state index in [4.69, 9.17) is 4.74 Å². The third-order valence-corrected chi connectivity index (χ3v) is 8.64. The van der Waals surface area contributed by atoms with Crippen molar-refractivity contribution in [1.82, 2.24) is 16.0 Å². The SMILES string of the molecule is CC(C)C[C@H](NC(=O)OCC1CCCCC1)C(=O)N[C@@H](CC(C)C)C(=O)N[C@@H](C(C)C)[C@@H](O)C1C(=O)C1c1ccccc1. The van der Waals surface area contributed by atoms with E-state index in [2.05, 4.69) is 16.0 Å². The van der Waals surface area contributed by atoms with Crippen LogP contribution in [0.15, 0.2) is 30.3 Å².